The SMILES string of the molecule is COc1cccc(CCN(CCC(=O)Nc2cccc(C#N)c2)C(C)=O)c1. The molecule has 0 aliphatic heterocycles. The van der Waals surface area contributed by atoms with Crippen molar-refractivity contribution < 1.29 is 14.3 Å². The number of nitriles is 1. The van der Waals surface area contributed by atoms with Gasteiger partial charge in [0.05, 0.1) is 18.7 Å². The van der Waals surface area contributed by atoms with Crippen LogP contribution >= 0.6 is 0 Å². The molecule has 0 unspecified atom stereocenters. The van der Waals surface area contributed by atoms with Crippen LogP contribution in [0.1, 0.15) is 24.5 Å². The summed E-state index contributed by atoms with van der Waals surface area (Å²) in [4.78, 5) is 25.7. The summed E-state index contributed by atoms with van der Waals surface area (Å²) in [6.45, 7) is 2.36. The zero-order valence-corrected chi connectivity index (χ0v) is 15.6. The molecular formula is C21H23N3O3. The Morgan fingerprint density at radius 1 is 1.15 bits per heavy atom. The molecule has 0 heterocycles. The molecule has 27 heavy (non-hydrogen) atoms. The molecule has 0 spiro atoms. The largest absolute Gasteiger partial charge is 0.497 e. The summed E-state index contributed by atoms with van der Waals surface area (Å²) in [6.07, 6.45) is 0.872. The van der Waals surface area contributed by atoms with E-state index in [0.29, 0.717) is 30.8 Å². The molecule has 0 bridgehead atoms. The van der Waals surface area contributed by atoms with Crippen LogP contribution in [0.3, 0.4) is 0 Å². The van der Waals surface area contributed by atoms with Gasteiger partial charge >= 0.3 is 0 Å². The maximum absolute atomic E-state index is 12.1. The summed E-state index contributed by atoms with van der Waals surface area (Å²) < 4.78 is 5.21. The number of amides is 2. The van der Waals surface area contributed by atoms with E-state index in [4.69, 9.17) is 10.00 Å². The average molecular weight is 365 g/mol. The molecule has 2 rings (SSSR count). The Balaban J connectivity index is 1.87. The molecule has 0 saturated carbocycles. The highest BCUT2D eigenvalue weighted by atomic mass is 16.5. The van der Waals surface area contributed by atoms with E-state index in [2.05, 4.69) is 5.32 Å². The second-order valence-corrected chi connectivity index (χ2v) is 6.10. The maximum Gasteiger partial charge on any atom is 0.226 e. The van der Waals surface area contributed by atoms with Crippen LogP contribution in [0.2, 0.25) is 0 Å². The van der Waals surface area contributed by atoms with Crippen molar-refractivity contribution >= 4 is 17.5 Å². The van der Waals surface area contributed by atoms with Crippen molar-refractivity contribution in [2.45, 2.75) is 19.8 Å². The van der Waals surface area contributed by atoms with E-state index < -0.39 is 0 Å². The topological polar surface area (TPSA) is 82.4 Å². The van der Waals surface area contributed by atoms with Crippen molar-refractivity contribution in [1.82, 2.24) is 4.90 Å². The Morgan fingerprint density at radius 3 is 2.63 bits per heavy atom. The monoisotopic (exact) mass is 365 g/mol. The molecule has 0 fully saturated rings. The van der Waals surface area contributed by atoms with Crippen molar-refractivity contribution in [3.05, 3.63) is 59.7 Å². The van der Waals surface area contributed by atoms with Crippen molar-refractivity contribution in [2.24, 2.45) is 0 Å². The van der Waals surface area contributed by atoms with E-state index in [-0.39, 0.29) is 18.2 Å². The summed E-state index contributed by atoms with van der Waals surface area (Å²) in [5.41, 5.74) is 2.12. The number of carbonyl (C=O) groups is 2. The van der Waals surface area contributed by atoms with Gasteiger partial charge in [0.1, 0.15) is 5.75 Å². The lowest BCUT2D eigenvalue weighted by Gasteiger charge is -2.21. The Bertz CT molecular complexity index is 843. The summed E-state index contributed by atoms with van der Waals surface area (Å²) in [5.74, 6) is 0.510. The molecule has 140 valence electrons. The van der Waals surface area contributed by atoms with Crippen molar-refractivity contribution in [3.63, 3.8) is 0 Å². The minimum absolute atomic E-state index is 0.0721. The van der Waals surface area contributed by atoms with Crippen molar-refractivity contribution in [3.8, 4) is 11.8 Å². The lowest BCUT2D eigenvalue weighted by Crippen LogP contribution is -2.33. The highest BCUT2D eigenvalue weighted by Gasteiger charge is 2.12. The van der Waals surface area contributed by atoms with Gasteiger partial charge in [0, 0.05) is 32.1 Å². The lowest BCUT2D eigenvalue weighted by atomic mass is 10.1. The Morgan fingerprint density at radius 2 is 1.93 bits per heavy atom. The third-order valence-corrected chi connectivity index (χ3v) is 4.13. The number of methoxy groups -OCH3 is 1. The van der Waals surface area contributed by atoms with Crippen LogP contribution in [0.15, 0.2) is 48.5 Å². The Hall–Kier alpha value is -3.33. The fourth-order valence-corrected chi connectivity index (χ4v) is 2.65. The third-order valence-electron chi connectivity index (χ3n) is 4.13. The van der Waals surface area contributed by atoms with Gasteiger partial charge in [0.15, 0.2) is 0 Å². The normalized spacial score (nSPS) is 9.96. The second kappa shape index (κ2) is 9.97. The molecule has 1 N–H and O–H groups in total. The van der Waals surface area contributed by atoms with E-state index in [1.165, 1.54) is 6.92 Å². The first-order valence-corrected chi connectivity index (χ1v) is 8.70. The number of ether oxygens (including phenoxy) is 1. The molecule has 0 saturated heterocycles. The van der Waals surface area contributed by atoms with Crippen LogP contribution in [0, 0.1) is 11.3 Å². The number of rotatable bonds is 8. The molecule has 0 aliphatic carbocycles. The van der Waals surface area contributed by atoms with Crippen molar-refractivity contribution in [1.29, 1.82) is 5.26 Å². The second-order valence-electron chi connectivity index (χ2n) is 6.10. The fourth-order valence-electron chi connectivity index (χ4n) is 2.65. The molecule has 0 radical (unpaired) electrons. The van der Waals surface area contributed by atoms with Gasteiger partial charge in [-0.15, -0.1) is 0 Å². The first-order chi connectivity index (χ1) is 13.0. The zero-order chi connectivity index (χ0) is 19.6. The predicted octanol–water partition coefficient (Wildman–Crippen LogP) is 2.99. The summed E-state index contributed by atoms with van der Waals surface area (Å²) >= 11 is 0. The molecule has 0 aromatic heterocycles. The highest BCUT2D eigenvalue weighted by molar-refractivity contribution is 5.91. The van der Waals surface area contributed by atoms with Gasteiger partial charge in [-0.3, -0.25) is 9.59 Å². The number of hydrogen-bond donors (Lipinski definition) is 1. The predicted molar refractivity (Wildman–Crippen MR) is 103 cm³/mol. The van der Waals surface area contributed by atoms with E-state index in [0.717, 1.165) is 11.3 Å². The minimum atomic E-state index is -0.197. The number of carbonyl (C=O) groups excluding carboxylic acids is 2. The zero-order valence-electron chi connectivity index (χ0n) is 15.6. The average Bonchev–Trinajstić information content (AvgIpc) is 2.68. The van der Waals surface area contributed by atoms with Crippen LogP contribution < -0.4 is 10.1 Å². The lowest BCUT2D eigenvalue weighted by molar-refractivity contribution is -0.129. The minimum Gasteiger partial charge on any atom is -0.497 e. The van der Waals surface area contributed by atoms with E-state index in [1.54, 1.807) is 36.3 Å². The van der Waals surface area contributed by atoms with E-state index in [1.807, 2.05) is 30.3 Å². The van der Waals surface area contributed by atoms with Gasteiger partial charge in [0.2, 0.25) is 11.8 Å². The number of nitrogens with zero attached hydrogens (tertiary/aromatic N) is 2. The van der Waals surface area contributed by atoms with Gasteiger partial charge in [-0.2, -0.15) is 5.26 Å². The van der Waals surface area contributed by atoms with Crippen molar-refractivity contribution in [2.75, 3.05) is 25.5 Å². The molecule has 6 heteroatoms. The van der Waals surface area contributed by atoms with Crippen LogP contribution in [0.5, 0.6) is 5.75 Å². The van der Waals surface area contributed by atoms with Crippen LogP contribution in [0.25, 0.3) is 0 Å². The van der Waals surface area contributed by atoms with Gasteiger partial charge in [-0.1, -0.05) is 18.2 Å². The number of nitrogens with one attached hydrogen (secondary N) is 1. The standard InChI is InChI=1S/C21H23N3O3/c1-16(25)24(11-9-17-5-4-8-20(14-17)27-2)12-10-21(26)23-19-7-3-6-18(13-19)15-22/h3-8,13-14H,9-12H2,1-2H3,(H,23,26). The number of benzene rings is 2. The first-order valence-electron chi connectivity index (χ1n) is 8.70. The molecule has 6 nitrogen and oxygen atoms in total. The summed E-state index contributed by atoms with van der Waals surface area (Å²) in [5, 5.41) is 11.7. The van der Waals surface area contributed by atoms with Crippen LogP contribution in [-0.2, 0) is 16.0 Å². The van der Waals surface area contributed by atoms with Crippen LogP contribution in [0.4, 0.5) is 5.69 Å². The molecular weight excluding hydrogens is 342 g/mol. The third kappa shape index (κ3) is 6.48. The smallest absolute Gasteiger partial charge is 0.226 e. The molecule has 0 aliphatic rings. The maximum atomic E-state index is 12.1. The molecule has 0 atom stereocenters. The van der Waals surface area contributed by atoms with E-state index in [9.17, 15) is 9.59 Å². The van der Waals surface area contributed by atoms with Gasteiger partial charge in [0.25, 0.3) is 0 Å². The Labute approximate surface area is 159 Å². The molecule has 2 amide bonds. The fraction of sp³-hybridized carbons (Fsp3) is 0.286. The first kappa shape index (κ1) is 20.0. The number of hydrogen-bond acceptors (Lipinski definition) is 4. The highest BCUT2D eigenvalue weighted by Crippen LogP contribution is 2.14. The van der Waals surface area contributed by atoms with E-state index >= 15 is 0 Å². The quantitative estimate of drug-likeness (QED) is 0.780. The summed E-state index contributed by atoms with van der Waals surface area (Å²) in [6, 6.07) is 16.5. The van der Waals surface area contributed by atoms with Gasteiger partial charge < -0.3 is 15.0 Å². The molecule has 2 aromatic rings. The van der Waals surface area contributed by atoms with Gasteiger partial charge in [-0.25, -0.2) is 0 Å². The summed E-state index contributed by atoms with van der Waals surface area (Å²) in [7, 11) is 1.62. The van der Waals surface area contributed by atoms with Crippen LogP contribution in [-0.4, -0.2) is 36.9 Å². The van der Waals surface area contributed by atoms with Gasteiger partial charge in [-0.05, 0) is 42.3 Å². The Kier molecular flexibility index (Phi) is 7.38. The number of anilines is 1. The molecule has 2 aromatic carbocycles.